The van der Waals surface area contributed by atoms with Gasteiger partial charge in [0.1, 0.15) is 0 Å². The van der Waals surface area contributed by atoms with Crippen LogP contribution in [0.25, 0.3) is 0 Å². The predicted octanol–water partition coefficient (Wildman–Crippen LogP) is 14.5. The fraction of sp³-hybridized carbons (Fsp3) is 0.981. The largest absolute Gasteiger partial charge is 0.501 e. The van der Waals surface area contributed by atoms with Crippen LogP contribution in [0.15, 0.2) is 0 Å². The second-order valence-electron chi connectivity index (χ2n) is 17.8. The van der Waals surface area contributed by atoms with Gasteiger partial charge in [-0.25, -0.2) is 0 Å². The summed E-state index contributed by atoms with van der Waals surface area (Å²) in [5, 5.41) is 3.82. The lowest BCUT2D eigenvalue weighted by atomic mass is 10.0. The Morgan fingerprint density at radius 3 is 1.21 bits per heavy atom. The van der Waals surface area contributed by atoms with Crippen molar-refractivity contribution in [3.05, 3.63) is 0 Å². The molecular weight excluding hydrogens is 827 g/mol. The summed E-state index contributed by atoms with van der Waals surface area (Å²) in [6, 6.07) is 0.872. The third-order valence-corrected chi connectivity index (χ3v) is 15.7. The lowest BCUT2D eigenvalue weighted by Crippen LogP contribution is -2.50. The van der Waals surface area contributed by atoms with Crippen molar-refractivity contribution in [1.82, 2.24) is 5.32 Å². The van der Waals surface area contributed by atoms with Crippen molar-refractivity contribution >= 4 is 25.7 Å². The summed E-state index contributed by atoms with van der Waals surface area (Å²) in [4.78, 5) is 12.8. The van der Waals surface area contributed by atoms with E-state index < -0.39 is 8.80 Å². The van der Waals surface area contributed by atoms with Gasteiger partial charge in [-0.1, -0.05) is 206 Å². The van der Waals surface area contributed by atoms with Gasteiger partial charge in [0.05, 0.1) is 59.5 Å². The average molecular weight is 935 g/mol. The maximum absolute atomic E-state index is 12.8. The third kappa shape index (κ3) is 46.8. The highest BCUT2D eigenvalue weighted by Gasteiger charge is 2.41. The van der Waals surface area contributed by atoms with E-state index in [2.05, 4.69) is 33.0 Å². The summed E-state index contributed by atoms with van der Waals surface area (Å²) >= 11 is 1.46. The normalized spacial score (nSPS) is 12.5. The fourth-order valence-corrected chi connectivity index (χ4v) is 11.2. The second kappa shape index (κ2) is 52.9. The maximum atomic E-state index is 12.8. The van der Waals surface area contributed by atoms with Gasteiger partial charge in [0.2, 0.25) is 0 Å². The van der Waals surface area contributed by atoms with Crippen LogP contribution in [-0.4, -0.2) is 105 Å². The number of carbonyl (C=O) groups is 1. The summed E-state index contributed by atoms with van der Waals surface area (Å²) < 4.78 is 43.3. The van der Waals surface area contributed by atoms with Crippen LogP contribution < -0.4 is 5.32 Å². The third-order valence-electron chi connectivity index (χ3n) is 11.8. The van der Waals surface area contributed by atoms with Crippen molar-refractivity contribution in [3.8, 4) is 0 Å². The molecule has 0 spiro atoms. The number of ether oxygens (including phenoxy) is 4. The maximum Gasteiger partial charge on any atom is 0.501 e. The Balaban J connectivity index is 5.05. The van der Waals surface area contributed by atoms with Crippen molar-refractivity contribution in [2.24, 2.45) is 0 Å². The molecule has 0 amide bonds. The summed E-state index contributed by atoms with van der Waals surface area (Å²) in [5.74, 6) is 0.743. The molecule has 1 N–H and O–H groups in total. The summed E-state index contributed by atoms with van der Waals surface area (Å²) in [6.45, 7) is 14.9. The van der Waals surface area contributed by atoms with Crippen LogP contribution in [0.1, 0.15) is 233 Å². The van der Waals surface area contributed by atoms with Gasteiger partial charge in [0.15, 0.2) is 5.12 Å². The zero-order valence-electron chi connectivity index (χ0n) is 42.6. The summed E-state index contributed by atoms with van der Waals surface area (Å²) in [6.07, 6.45) is 40.2. The Morgan fingerprint density at radius 1 is 0.429 bits per heavy atom. The van der Waals surface area contributed by atoms with Gasteiger partial charge in [-0.15, -0.1) is 0 Å². The van der Waals surface area contributed by atoms with Gasteiger partial charge in [-0.05, 0) is 39.2 Å². The Morgan fingerprint density at radius 2 is 0.794 bits per heavy atom. The van der Waals surface area contributed by atoms with Crippen LogP contribution in [0.2, 0.25) is 6.04 Å². The van der Waals surface area contributed by atoms with Crippen molar-refractivity contribution in [1.29, 1.82) is 0 Å². The van der Waals surface area contributed by atoms with Crippen LogP contribution in [0, 0.1) is 0 Å². The summed E-state index contributed by atoms with van der Waals surface area (Å²) in [7, 11) is -1.11. The molecule has 378 valence electrons. The molecule has 63 heavy (non-hydrogen) atoms. The van der Waals surface area contributed by atoms with Gasteiger partial charge >= 0.3 is 8.80 Å². The first-order chi connectivity index (χ1) is 31.1. The molecule has 0 aliphatic carbocycles. The van der Waals surface area contributed by atoms with Crippen molar-refractivity contribution in [2.45, 2.75) is 245 Å². The number of hydrogen-bond donors (Lipinski definition) is 1. The average Bonchev–Trinajstić information content (AvgIpc) is 3.29. The van der Waals surface area contributed by atoms with Crippen molar-refractivity contribution in [3.63, 3.8) is 0 Å². The van der Waals surface area contributed by atoms with E-state index in [-0.39, 0.29) is 6.04 Å². The van der Waals surface area contributed by atoms with Crippen molar-refractivity contribution < 1.29 is 37.0 Å². The number of thioether (sulfide) groups is 1. The lowest BCUT2D eigenvalue weighted by Gasteiger charge is -2.31. The highest BCUT2D eigenvalue weighted by Crippen LogP contribution is 2.23. The van der Waals surface area contributed by atoms with E-state index in [9.17, 15) is 4.79 Å². The van der Waals surface area contributed by atoms with E-state index >= 15 is 0 Å². The van der Waals surface area contributed by atoms with E-state index in [1.165, 1.54) is 159 Å². The van der Waals surface area contributed by atoms with Gasteiger partial charge < -0.3 is 37.5 Å². The molecule has 0 aliphatic rings. The first-order valence-electron chi connectivity index (χ1n) is 27.1. The van der Waals surface area contributed by atoms with E-state index in [1.54, 1.807) is 0 Å². The number of hydrogen-bond acceptors (Lipinski definition) is 10. The molecular formula is C52H107NO8SSi. The fourth-order valence-electron chi connectivity index (χ4n) is 7.59. The minimum atomic E-state index is -3.15. The molecule has 0 saturated carbocycles. The Bertz CT molecular complexity index is 871. The quantitative estimate of drug-likeness (QED) is 0.0469. The molecule has 0 aromatic rings. The van der Waals surface area contributed by atoms with Crippen molar-refractivity contribution in [2.75, 3.05) is 85.5 Å². The van der Waals surface area contributed by atoms with Gasteiger partial charge in [-0.3, -0.25) is 4.79 Å². The Kier molecular flexibility index (Phi) is 52.8. The molecule has 0 aliphatic heterocycles. The first-order valence-corrected chi connectivity index (χ1v) is 30.0. The lowest BCUT2D eigenvalue weighted by molar-refractivity contribution is -0.111. The number of carbonyl (C=O) groups excluding carboxylic acids is 1. The van der Waals surface area contributed by atoms with E-state index in [0.717, 1.165) is 70.3 Å². The monoisotopic (exact) mass is 934 g/mol. The van der Waals surface area contributed by atoms with Gasteiger partial charge in [0, 0.05) is 37.5 Å². The smallest absolute Gasteiger partial charge is 0.379 e. The zero-order valence-corrected chi connectivity index (χ0v) is 44.4. The zero-order chi connectivity index (χ0) is 45.8. The molecule has 1 unspecified atom stereocenters. The molecule has 0 fully saturated rings. The molecule has 0 heterocycles. The number of nitrogens with one attached hydrogen (secondary N) is 1. The topological polar surface area (TPSA) is 93.7 Å². The van der Waals surface area contributed by atoms with Gasteiger partial charge in [-0.2, -0.15) is 0 Å². The molecule has 0 aromatic heterocycles. The van der Waals surface area contributed by atoms with E-state index in [4.69, 9.17) is 32.2 Å². The second-order valence-corrected chi connectivity index (χ2v) is 21.7. The number of rotatable bonds is 55. The molecule has 0 saturated heterocycles. The Labute approximate surface area is 397 Å². The van der Waals surface area contributed by atoms with Crippen LogP contribution >= 0.6 is 11.8 Å². The van der Waals surface area contributed by atoms with E-state index in [0.29, 0.717) is 77.0 Å². The molecule has 1 atom stereocenters. The minimum absolute atomic E-state index is 0.219. The van der Waals surface area contributed by atoms with Crippen LogP contribution in [0.4, 0.5) is 0 Å². The minimum Gasteiger partial charge on any atom is -0.379 e. The Hall–Kier alpha value is -0.0831. The molecule has 11 heteroatoms. The first kappa shape index (κ1) is 62.9. The highest BCUT2D eigenvalue weighted by atomic mass is 32.2. The molecule has 0 aromatic carbocycles. The molecule has 0 rings (SSSR count). The summed E-state index contributed by atoms with van der Waals surface area (Å²) in [5.41, 5.74) is 0. The molecule has 0 bridgehead atoms. The highest BCUT2D eigenvalue weighted by molar-refractivity contribution is 8.13. The number of unbranched alkanes of at least 4 members (excludes halogenated alkanes) is 25. The van der Waals surface area contributed by atoms with Crippen LogP contribution in [-0.2, 0) is 37.0 Å². The van der Waals surface area contributed by atoms with Crippen LogP contribution in [0.3, 0.4) is 0 Å². The molecule has 9 nitrogen and oxygen atoms in total. The SMILES string of the molecule is CCCCCCCCCCCCCCCCCCC(CO[Si](CCCSC(=O)CCCCCCCCCCC)(OCCOCCOCCCC)OCCOCCOCCCC)NC. The number of likely N-dealkylation sites (N-methyl/N-ethyl adjacent to an activating group) is 1. The predicted molar refractivity (Wildman–Crippen MR) is 272 cm³/mol. The molecule has 0 radical (unpaired) electrons. The van der Waals surface area contributed by atoms with E-state index in [1.807, 2.05) is 7.05 Å². The standard InChI is InChI=1S/C52H107NO8SSi/c1-6-10-14-16-18-20-21-22-23-24-25-26-28-29-31-33-36-51(53-5)50-61-63(59-46-44-57-42-40-55-38-12-8-3,60-47-45-58-43-41-56-39-13-9-4)49-35-48-62-52(54)37-34-32-30-27-19-17-15-11-7-2/h51,53H,6-50H2,1-5H3. The van der Waals surface area contributed by atoms with Crippen LogP contribution in [0.5, 0.6) is 0 Å². The van der Waals surface area contributed by atoms with Gasteiger partial charge in [0.25, 0.3) is 0 Å².